The number of amides is 2. The summed E-state index contributed by atoms with van der Waals surface area (Å²) in [5.74, 6) is 0.224. The van der Waals surface area contributed by atoms with Crippen molar-refractivity contribution in [3.63, 3.8) is 0 Å². The lowest BCUT2D eigenvalue weighted by Crippen LogP contribution is -2.58. The average Bonchev–Trinajstić information content (AvgIpc) is 2.36. The van der Waals surface area contributed by atoms with Gasteiger partial charge in [-0.3, -0.25) is 9.59 Å². The molecular weight excluding hydrogens is 320 g/mol. The normalized spacial score (nSPS) is 19.4. The van der Waals surface area contributed by atoms with Crippen molar-refractivity contribution in [3.05, 3.63) is 28.2 Å². The predicted octanol–water partition coefficient (Wildman–Crippen LogP) is 2.64. The molecule has 108 valence electrons. The number of hydrogen-bond donors (Lipinski definition) is 1. The summed E-state index contributed by atoms with van der Waals surface area (Å²) >= 11 is 3.41. The number of piperazine rings is 1. The quantitative estimate of drug-likeness (QED) is 0.920. The van der Waals surface area contributed by atoms with E-state index in [9.17, 15) is 9.59 Å². The summed E-state index contributed by atoms with van der Waals surface area (Å²) in [4.78, 5) is 26.0. The number of carbonyl (C=O) groups excluding carboxylic acids is 2. The molecule has 1 unspecified atom stereocenters. The van der Waals surface area contributed by atoms with Crippen LogP contribution in [0.3, 0.4) is 0 Å². The number of carbonyl (C=O) groups is 2. The first-order valence-electron chi connectivity index (χ1n) is 6.75. The number of halogens is 1. The Labute approximate surface area is 127 Å². The third-order valence-corrected chi connectivity index (χ3v) is 3.86. The molecule has 0 aromatic heterocycles. The smallest absolute Gasteiger partial charge is 0.250 e. The Kier molecular flexibility index (Phi) is 4.48. The number of nitrogens with zero attached hydrogens (tertiary/aromatic N) is 1. The van der Waals surface area contributed by atoms with E-state index in [0.717, 1.165) is 15.7 Å². The van der Waals surface area contributed by atoms with E-state index >= 15 is 0 Å². The molecule has 0 bridgehead atoms. The lowest BCUT2D eigenvalue weighted by molar-refractivity contribution is -0.131. The van der Waals surface area contributed by atoms with E-state index in [-0.39, 0.29) is 18.4 Å². The van der Waals surface area contributed by atoms with Crippen molar-refractivity contribution < 1.29 is 9.59 Å². The van der Waals surface area contributed by atoms with Gasteiger partial charge in [-0.15, -0.1) is 0 Å². The van der Waals surface area contributed by atoms with Gasteiger partial charge in [0.1, 0.15) is 12.6 Å². The SMILES string of the molecule is Cc1ccc(Br)cc1N1CC(=O)NC(CC(C)C)C1=O. The highest BCUT2D eigenvalue weighted by molar-refractivity contribution is 9.10. The fourth-order valence-corrected chi connectivity index (χ4v) is 2.77. The Balaban J connectivity index is 2.32. The number of nitrogens with one attached hydrogen (secondary N) is 1. The summed E-state index contributed by atoms with van der Waals surface area (Å²) < 4.78 is 0.900. The molecule has 1 saturated heterocycles. The largest absolute Gasteiger partial charge is 0.343 e. The zero-order valence-electron chi connectivity index (χ0n) is 11.9. The van der Waals surface area contributed by atoms with E-state index < -0.39 is 6.04 Å². The summed E-state index contributed by atoms with van der Waals surface area (Å²) in [6.07, 6.45) is 0.661. The Morgan fingerprint density at radius 2 is 2.10 bits per heavy atom. The van der Waals surface area contributed by atoms with Gasteiger partial charge in [0.25, 0.3) is 0 Å². The summed E-state index contributed by atoms with van der Waals surface area (Å²) in [6, 6.07) is 5.34. The van der Waals surface area contributed by atoms with Crippen molar-refractivity contribution in [1.82, 2.24) is 5.32 Å². The molecule has 1 aliphatic rings. The van der Waals surface area contributed by atoms with Gasteiger partial charge in [-0.2, -0.15) is 0 Å². The summed E-state index contributed by atoms with van der Waals surface area (Å²) in [6.45, 7) is 6.12. The molecule has 0 aliphatic carbocycles. The van der Waals surface area contributed by atoms with Gasteiger partial charge in [0.05, 0.1) is 0 Å². The highest BCUT2D eigenvalue weighted by Crippen LogP contribution is 2.27. The lowest BCUT2D eigenvalue weighted by atomic mass is 10.00. The van der Waals surface area contributed by atoms with Gasteiger partial charge in [0.15, 0.2) is 0 Å². The molecule has 1 atom stereocenters. The summed E-state index contributed by atoms with van der Waals surface area (Å²) in [7, 11) is 0. The van der Waals surface area contributed by atoms with Gasteiger partial charge in [0.2, 0.25) is 11.8 Å². The van der Waals surface area contributed by atoms with Crippen LogP contribution in [0.4, 0.5) is 5.69 Å². The molecule has 0 saturated carbocycles. The number of hydrogen-bond acceptors (Lipinski definition) is 2. The van der Waals surface area contributed by atoms with Crippen LogP contribution in [-0.2, 0) is 9.59 Å². The van der Waals surface area contributed by atoms with Gasteiger partial charge in [0, 0.05) is 10.2 Å². The maximum atomic E-state index is 12.6. The van der Waals surface area contributed by atoms with Crippen molar-refractivity contribution >= 4 is 33.4 Å². The topological polar surface area (TPSA) is 49.4 Å². The van der Waals surface area contributed by atoms with Gasteiger partial charge >= 0.3 is 0 Å². The fraction of sp³-hybridized carbons (Fsp3) is 0.467. The minimum absolute atomic E-state index is 0.0282. The van der Waals surface area contributed by atoms with E-state index in [0.29, 0.717) is 12.3 Å². The minimum Gasteiger partial charge on any atom is -0.343 e. The Bertz CT molecular complexity index is 543. The maximum Gasteiger partial charge on any atom is 0.250 e. The van der Waals surface area contributed by atoms with Gasteiger partial charge < -0.3 is 10.2 Å². The molecular formula is C15H19BrN2O2. The monoisotopic (exact) mass is 338 g/mol. The first kappa shape index (κ1) is 15.0. The van der Waals surface area contributed by atoms with E-state index in [4.69, 9.17) is 0 Å². The molecule has 2 amide bonds. The predicted molar refractivity (Wildman–Crippen MR) is 82.6 cm³/mol. The zero-order chi connectivity index (χ0) is 14.9. The van der Waals surface area contributed by atoms with E-state index in [1.54, 1.807) is 4.90 Å². The highest BCUT2D eigenvalue weighted by atomic mass is 79.9. The number of anilines is 1. The van der Waals surface area contributed by atoms with Crippen LogP contribution >= 0.6 is 15.9 Å². The lowest BCUT2D eigenvalue weighted by Gasteiger charge is -2.34. The van der Waals surface area contributed by atoms with E-state index in [1.165, 1.54) is 0 Å². The van der Waals surface area contributed by atoms with Gasteiger partial charge in [-0.05, 0) is 37.0 Å². The second kappa shape index (κ2) is 5.95. The molecule has 1 N–H and O–H groups in total. The number of rotatable bonds is 3. The molecule has 1 aromatic carbocycles. The molecule has 0 spiro atoms. The van der Waals surface area contributed by atoms with Crippen LogP contribution in [0.15, 0.2) is 22.7 Å². The molecule has 1 aromatic rings. The Morgan fingerprint density at radius 1 is 1.40 bits per heavy atom. The van der Waals surface area contributed by atoms with Crippen LogP contribution in [0, 0.1) is 12.8 Å². The molecule has 2 rings (SSSR count). The van der Waals surface area contributed by atoms with Crippen LogP contribution in [0.1, 0.15) is 25.8 Å². The zero-order valence-corrected chi connectivity index (χ0v) is 13.5. The average molecular weight is 339 g/mol. The second-order valence-electron chi connectivity index (χ2n) is 5.60. The minimum atomic E-state index is -0.422. The van der Waals surface area contributed by atoms with Gasteiger partial charge in [-0.1, -0.05) is 35.8 Å². The van der Waals surface area contributed by atoms with Crippen LogP contribution in [0.5, 0.6) is 0 Å². The maximum absolute atomic E-state index is 12.6. The van der Waals surface area contributed by atoms with E-state index in [1.807, 2.05) is 39.0 Å². The Hall–Kier alpha value is -1.36. The van der Waals surface area contributed by atoms with Crippen LogP contribution in [-0.4, -0.2) is 24.4 Å². The second-order valence-corrected chi connectivity index (χ2v) is 6.52. The Morgan fingerprint density at radius 3 is 2.75 bits per heavy atom. The van der Waals surface area contributed by atoms with Crippen LogP contribution < -0.4 is 10.2 Å². The number of aryl methyl sites for hydroxylation is 1. The molecule has 20 heavy (non-hydrogen) atoms. The molecule has 4 nitrogen and oxygen atoms in total. The van der Waals surface area contributed by atoms with Crippen molar-refractivity contribution in [2.45, 2.75) is 33.2 Å². The third-order valence-electron chi connectivity index (χ3n) is 3.37. The fourth-order valence-electron chi connectivity index (χ4n) is 2.42. The molecule has 1 fully saturated rings. The third kappa shape index (κ3) is 3.20. The first-order valence-corrected chi connectivity index (χ1v) is 7.54. The molecule has 1 aliphatic heterocycles. The van der Waals surface area contributed by atoms with E-state index in [2.05, 4.69) is 21.2 Å². The molecule has 5 heteroatoms. The molecule has 1 heterocycles. The standard InChI is InChI=1S/C15H19BrN2O2/c1-9(2)6-12-15(20)18(8-14(19)17-12)13-7-11(16)5-4-10(13)3/h4-5,7,9,12H,6,8H2,1-3H3,(H,17,19). The summed E-state index contributed by atoms with van der Waals surface area (Å²) in [5, 5.41) is 2.79. The highest BCUT2D eigenvalue weighted by Gasteiger charge is 2.34. The van der Waals surface area contributed by atoms with Crippen molar-refractivity contribution in [2.75, 3.05) is 11.4 Å². The van der Waals surface area contributed by atoms with Crippen molar-refractivity contribution in [2.24, 2.45) is 5.92 Å². The summed E-state index contributed by atoms with van der Waals surface area (Å²) in [5.41, 5.74) is 1.78. The van der Waals surface area contributed by atoms with Crippen molar-refractivity contribution in [3.8, 4) is 0 Å². The first-order chi connectivity index (χ1) is 9.38. The van der Waals surface area contributed by atoms with Crippen molar-refractivity contribution in [1.29, 1.82) is 0 Å². The number of benzene rings is 1. The van der Waals surface area contributed by atoms with Crippen LogP contribution in [0.2, 0.25) is 0 Å². The van der Waals surface area contributed by atoms with Gasteiger partial charge in [-0.25, -0.2) is 0 Å². The molecule has 0 radical (unpaired) electrons. The van der Waals surface area contributed by atoms with Crippen LogP contribution in [0.25, 0.3) is 0 Å².